The van der Waals surface area contributed by atoms with Crippen LogP contribution in [0.25, 0.3) is 5.65 Å². The molecule has 0 aromatic carbocycles. The summed E-state index contributed by atoms with van der Waals surface area (Å²) in [5, 5.41) is 8.26. The Balaban J connectivity index is 2.60. The van der Waals surface area contributed by atoms with Crippen LogP contribution in [0.4, 0.5) is 0 Å². The van der Waals surface area contributed by atoms with Gasteiger partial charge in [0.05, 0.1) is 6.61 Å². The lowest BCUT2D eigenvalue weighted by Gasteiger charge is -2.20. The Morgan fingerprint density at radius 2 is 2.05 bits per heavy atom. The largest absolute Gasteiger partial charge is 0.465 e. The zero-order valence-corrected chi connectivity index (χ0v) is 11.9. The van der Waals surface area contributed by atoms with Gasteiger partial charge >= 0.3 is 5.97 Å². The van der Waals surface area contributed by atoms with Crippen LogP contribution in [0.2, 0.25) is 0 Å². The van der Waals surface area contributed by atoms with E-state index in [2.05, 4.69) is 15.2 Å². The number of hydrogen-bond donors (Lipinski definition) is 0. The van der Waals surface area contributed by atoms with Crippen molar-refractivity contribution >= 4 is 11.6 Å². The predicted molar refractivity (Wildman–Crippen MR) is 69.9 cm³/mol. The van der Waals surface area contributed by atoms with Crippen molar-refractivity contribution in [1.29, 1.82) is 0 Å². The standard InChI is InChI=1S/C13H18N4O2/c1-6-19-12(18)13(4,5)11-16-15-10-7-8(2)14-9(3)17(10)11/h7H,6H2,1-5H3. The van der Waals surface area contributed by atoms with Crippen LogP contribution in [0, 0.1) is 13.8 Å². The van der Waals surface area contributed by atoms with Gasteiger partial charge in [-0.15, -0.1) is 10.2 Å². The van der Waals surface area contributed by atoms with Crippen molar-refractivity contribution in [3.63, 3.8) is 0 Å². The smallest absolute Gasteiger partial charge is 0.319 e. The van der Waals surface area contributed by atoms with Gasteiger partial charge in [0.25, 0.3) is 0 Å². The van der Waals surface area contributed by atoms with Crippen molar-refractivity contribution in [3.8, 4) is 0 Å². The summed E-state index contributed by atoms with van der Waals surface area (Å²) in [5.74, 6) is 0.989. The van der Waals surface area contributed by atoms with Gasteiger partial charge in [-0.1, -0.05) is 0 Å². The van der Waals surface area contributed by atoms with E-state index >= 15 is 0 Å². The number of rotatable bonds is 3. The lowest BCUT2D eigenvalue weighted by atomic mass is 9.92. The van der Waals surface area contributed by atoms with Crippen LogP contribution >= 0.6 is 0 Å². The van der Waals surface area contributed by atoms with E-state index in [4.69, 9.17) is 4.74 Å². The third-order valence-electron chi connectivity index (χ3n) is 3.03. The van der Waals surface area contributed by atoms with Crippen LogP contribution in [0.1, 0.15) is 38.1 Å². The maximum Gasteiger partial charge on any atom is 0.319 e. The second-order valence-electron chi connectivity index (χ2n) is 5.01. The zero-order chi connectivity index (χ0) is 14.2. The van der Waals surface area contributed by atoms with Gasteiger partial charge in [-0.05, 0) is 34.6 Å². The van der Waals surface area contributed by atoms with E-state index in [-0.39, 0.29) is 5.97 Å². The quantitative estimate of drug-likeness (QED) is 0.785. The molecule has 0 bridgehead atoms. The SMILES string of the molecule is CCOC(=O)C(C)(C)c1nnc2cc(C)nc(C)n12. The van der Waals surface area contributed by atoms with Crippen LogP contribution in [-0.4, -0.2) is 32.2 Å². The van der Waals surface area contributed by atoms with Crippen molar-refractivity contribution in [1.82, 2.24) is 19.6 Å². The summed E-state index contributed by atoms with van der Waals surface area (Å²) in [6.07, 6.45) is 0. The Bertz CT molecular complexity index is 631. The summed E-state index contributed by atoms with van der Waals surface area (Å²) < 4.78 is 6.90. The molecule has 0 aliphatic heterocycles. The number of esters is 1. The highest BCUT2D eigenvalue weighted by Gasteiger charge is 2.36. The summed E-state index contributed by atoms with van der Waals surface area (Å²) in [4.78, 5) is 16.4. The van der Waals surface area contributed by atoms with Gasteiger partial charge in [0, 0.05) is 11.8 Å². The minimum Gasteiger partial charge on any atom is -0.465 e. The average Bonchev–Trinajstić information content (AvgIpc) is 2.73. The third kappa shape index (κ3) is 2.18. The van der Waals surface area contributed by atoms with E-state index in [0.717, 1.165) is 11.5 Å². The summed E-state index contributed by atoms with van der Waals surface area (Å²) in [7, 11) is 0. The van der Waals surface area contributed by atoms with E-state index in [0.29, 0.717) is 18.1 Å². The Kier molecular flexibility index (Phi) is 3.26. The van der Waals surface area contributed by atoms with Gasteiger partial charge in [-0.3, -0.25) is 9.20 Å². The summed E-state index contributed by atoms with van der Waals surface area (Å²) >= 11 is 0. The van der Waals surface area contributed by atoms with E-state index in [9.17, 15) is 4.79 Å². The topological polar surface area (TPSA) is 69.4 Å². The highest BCUT2D eigenvalue weighted by atomic mass is 16.5. The fourth-order valence-electron chi connectivity index (χ4n) is 2.04. The number of aromatic nitrogens is 4. The van der Waals surface area contributed by atoms with Gasteiger partial charge in [0.15, 0.2) is 11.5 Å². The molecule has 0 aliphatic rings. The van der Waals surface area contributed by atoms with Gasteiger partial charge in [0.2, 0.25) is 0 Å². The molecule has 6 nitrogen and oxygen atoms in total. The van der Waals surface area contributed by atoms with Gasteiger partial charge in [-0.2, -0.15) is 0 Å². The minimum atomic E-state index is -0.864. The first kappa shape index (κ1) is 13.5. The second-order valence-corrected chi connectivity index (χ2v) is 5.01. The molecule has 0 fully saturated rings. The van der Waals surface area contributed by atoms with E-state index < -0.39 is 5.41 Å². The fourth-order valence-corrected chi connectivity index (χ4v) is 2.04. The summed E-state index contributed by atoms with van der Waals surface area (Å²) in [5.41, 5.74) is 0.701. The first-order valence-corrected chi connectivity index (χ1v) is 6.25. The van der Waals surface area contributed by atoms with E-state index in [1.54, 1.807) is 25.2 Å². The van der Waals surface area contributed by atoms with Crippen molar-refractivity contribution < 1.29 is 9.53 Å². The van der Waals surface area contributed by atoms with Gasteiger partial charge in [0.1, 0.15) is 11.2 Å². The molecule has 0 saturated heterocycles. The molecule has 0 spiro atoms. The highest BCUT2D eigenvalue weighted by molar-refractivity contribution is 5.81. The molecule has 0 radical (unpaired) electrons. The van der Waals surface area contributed by atoms with E-state index in [1.165, 1.54) is 0 Å². The van der Waals surface area contributed by atoms with Crippen LogP contribution in [-0.2, 0) is 14.9 Å². The van der Waals surface area contributed by atoms with Gasteiger partial charge < -0.3 is 4.74 Å². The summed E-state index contributed by atoms with van der Waals surface area (Å²) in [6, 6.07) is 1.84. The van der Waals surface area contributed by atoms with Crippen LogP contribution in [0.15, 0.2) is 6.07 Å². The number of aryl methyl sites for hydroxylation is 2. The Hall–Kier alpha value is -1.98. The van der Waals surface area contributed by atoms with Crippen LogP contribution in [0.5, 0.6) is 0 Å². The Morgan fingerprint density at radius 3 is 2.68 bits per heavy atom. The highest BCUT2D eigenvalue weighted by Crippen LogP contribution is 2.24. The normalized spacial score (nSPS) is 11.8. The Morgan fingerprint density at radius 1 is 1.37 bits per heavy atom. The Labute approximate surface area is 111 Å². The van der Waals surface area contributed by atoms with E-state index in [1.807, 2.05) is 19.9 Å². The molecule has 2 aromatic heterocycles. The molecule has 102 valence electrons. The lowest BCUT2D eigenvalue weighted by molar-refractivity contribution is -0.149. The molecule has 0 saturated carbocycles. The van der Waals surface area contributed by atoms with Crippen molar-refractivity contribution in [3.05, 3.63) is 23.4 Å². The van der Waals surface area contributed by atoms with Crippen molar-refractivity contribution in [2.75, 3.05) is 6.61 Å². The minimum absolute atomic E-state index is 0.315. The molecule has 0 aliphatic carbocycles. The first-order valence-electron chi connectivity index (χ1n) is 6.25. The zero-order valence-electron chi connectivity index (χ0n) is 11.9. The number of hydrogen-bond acceptors (Lipinski definition) is 5. The molecule has 0 unspecified atom stereocenters. The molecular weight excluding hydrogens is 244 g/mol. The number of carbonyl (C=O) groups excluding carboxylic acids is 1. The number of fused-ring (bicyclic) bond motifs is 1. The molecule has 2 aromatic rings. The molecule has 0 N–H and O–H groups in total. The molecule has 0 atom stereocenters. The molecule has 2 heterocycles. The predicted octanol–water partition coefficient (Wildman–Crippen LogP) is 1.58. The van der Waals surface area contributed by atoms with Crippen molar-refractivity contribution in [2.24, 2.45) is 0 Å². The van der Waals surface area contributed by atoms with Crippen LogP contribution < -0.4 is 0 Å². The first-order chi connectivity index (χ1) is 8.87. The maximum atomic E-state index is 12.1. The molecule has 6 heteroatoms. The lowest BCUT2D eigenvalue weighted by Crippen LogP contribution is -2.33. The van der Waals surface area contributed by atoms with Gasteiger partial charge in [-0.25, -0.2) is 4.98 Å². The summed E-state index contributed by atoms with van der Waals surface area (Å²) in [6.45, 7) is 9.45. The molecule has 0 amide bonds. The number of ether oxygens (including phenoxy) is 1. The van der Waals surface area contributed by atoms with Crippen molar-refractivity contribution in [2.45, 2.75) is 40.0 Å². The maximum absolute atomic E-state index is 12.1. The number of carbonyl (C=O) groups is 1. The monoisotopic (exact) mass is 262 g/mol. The fraction of sp³-hybridized carbons (Fsp3) is 0.538. The molecular formula is C13H18N4O2. The average molecular weight is 262 g/mol. The van der Waals surface area contributed by atoms with Crippen LogP contribution in [0.3, 0.4) is 0 Å². The third-order valence-corrected chi connectivity index (χ3v) is 3.03. The molecule has 19 heavy (non-hydrogen) atoms. The molecule has 2 rings (SSSR count). The number of nitrogens with zero attached hydrogens (tertiary/aromatic N) is 4. The second kappa shape index (κ2) is 4.60.